The summed E-state index contributed by atoms with van der Waals surface area (Å²) >= 11 is 0. The Hall–Kier alpha value is -2.22. The summed E-state index contributed by atoms with van der Waals surface area (Å²) in [7, 11) is 0. The van der Waals surface area contributed by atoms with Crippen molar-refractivity contribution in [3.63, 3.8) is 0 Å². The van der Waals surface area contributed by atoms with E-state index in [1.165, 1.54) is 0 Å². The smallest absolute Gasteiger partial charge is 0.379 e. The molecule has 0 aliphatic heterocycles. The average molecular weight is 348 g/mol. The van der Waals surface area contributed by atoms with E-state index in [4.69, 9.17) is 4.74 Å². The lowest BCUT2D eigenvalue weighted by Crippen LogP contribution is -2.84. The van der Waals surface area contributed by atoms with Gasteiger partial charge in [0.1, 0.15) is 11.5 Å². The van der Waals surface area contributed by atoms with E-state index >= 15 is 0 Å². The Morgan fingerprint density at radius 2 is 1.08 bits per heavy atom. The van der Waals surface area contributed by atoms with Crippen LogP contribution in [0.4, 0.5) is 26.3 Å². The van der Waals surface area contributed by atoms with Crippen molar-refractivity contribution in [2.45, 2.75) is 23.4 Å². The first-order valence-corrected chi connectivity index (χ1v) is 6.75. The highest BCUT2D eigenvalue weighted by Crippen LogP contribution is 2.70. The van der Waals surface area contributed by atoms with E-state index < -0.39 is 28.9 Å². The molecule has 0 spiro atoms. The molecule has 1 aliphatic carbocycles. The molecule has 8 heteroatoms. The zero-order valence-corrected chi connectivity index (χ0v) is 11.8. The molecule has 3 rings (SSSR count). The molecule has 2 aromatic carbocycles. The lowest BCUT2D eigenvalue weighted by molar-refractivity contribution is -0.497. The molecular weight excluding hydrogens is 338 g/mol. The number of ether oxygens (including phenoxy) is 1. The number of para-hydroxylation sites is 1. The molecule has 2 nitrogen and oxygen atoms in total. The van der Waals surface area contributed by atoms with Gasteiger partial charge >= 0.3 is 17.8 Å². The minimum absolute atomic E-state index is 0.103. The van der Waals surface area contributed by atoms with Gasteiger partial charge in [0.05, 0.1) is 0 Å². The summed E-state index contributed by atoms with van der Waals surface area (Å²) < 4.78 is 85.2. The van der Waals surface area contributed by atoms with E-state index in [2.05, 4.69) is 0 Å². The Morgan fingerprint density at radius 1 is 0.625 bits per heavy atom. The van der Waals surface area contributed by atoms with Crippen LogP contribution < -0.4 is 4.74 Å². The van der Waals surface area contributed by atoms with Crippen molar-refractivity contribution in [3.8, 4) is 11.5 Å². The highest BCUT2D eigenvalue weighted by molar-refractivity contribution is 5.42. The van der Waals surface area contributed by atoms with Gasteiger partial charge in [-0.15, -0.1) is 0 Å². The predicted molar refractivity (Wildman–Crippen MR) is 71.7 cm³/mol. The van der Waals surface area contributed by atoms with Crippen LogP contribution in [0.25, 0.3) is 0 Å². The maximum Gasteiger partial charge on any atom is 0.379 e. The van der Waals surface area contributed by atoms with Crippen LogP contribution in [0.5, 0.6) is 11.5 Å². The van der Waals surface area contributed by atoms with Crippen molar-refractivity contribution < 1.29 is 36.2 Å². The number of halogens is 6. The normalized spacial score (nSPS) is 22.5. The van der Waals surface area contributed by atoms with E-state index in [9.17, 15) is 31.4 Å². The molecule has 0 amide bonds. The molecule has 0 bridgehead atoms. The minimum atomic E-state index is -5.63. The maximum absolute atomic E-state index is 13.5. The third-order valence-electron chi connectivity index (χ3n) is 3.95. The molecule has 0 aromatic heterocycles. The fourth-order valence-electron chi connectivity index (χ4n) is 2.54. The number of hydrogen-bond acceptors (Lipinski definition) is 2. The van der Waals surface area contributed by atoms with Crippen LogP contribution in [0.15, 0.2) is 54.6 Å². The number of hydrogen-bond donors (Lipinski definition) is 1. The molecule has 0 unspecified atom stereocenters. The second-order valence-electron chi connectivity index (χ2n) is 5.37. The van der Waals surface area contributed by atoms with E-state index in [1.807, 2.05) is 0 Å². The van der Waals surface area contributed by atoms with Gasteiger partial charge in [-0.05, 0) is 29.8 Å². The number of rotatable bonds is 3. The van der Waals surface area contributed by atoms with Gasteiger partial charge in [0, 0.05) is 0 Å². The maximum atomic E-state index is 13.5. The summed E-state index contributed by atoms with van der Waals surface area (Å²) in [4.78, 5) is 0. The highest BCUT2D eigenvalue weighted by atomic mass is 19.4. The monoisotopic (exact) mass is 348 g/mol. The summed E-state index contributed by atoms with van der Waals surface area (Å²) in [6, 6.07) is 11.7. The van der Waals surface area contributed by atoms with Crippen molar-refractivity contribution in [2.24, 2.45) is 0 Å². The second kappa shape index (κ2) is 4.89. The Morgan fingerprint density at radius 3 is 1.58 bits per heavy atom. The lowest BCUT2D eigenvalue weighted by Gasteiger charge is -2.55. The molecule has 128 valence electrons. The summed E-state index contributed by atoms with van der Waals surface area (Å²) in [5.74, 6) is -15.7. The first-order valence-electron chi connectivity index (χ1n) is 6.75. The van der Waals surface area contributed by atoms with Crippen LogP contribution in [0, 0.1) is 0 Å². The van der Waals surface area contributed by atoms with Crippen molar-refractivity contribution in [1.82, 2.24) is 0 Å². The fraction of sp³-hybridized carbons (Fsp3) is 0.250. The number of aliphatic hydroxyl groups is 1. The van der Waals surface area contributed by atoms with E-state index in [0.717, 1.165) is 12.1 Å². The Labute approximate surface area is 132 Å². The van der Waals surface area contributed by atoms with Gasteiger partial charge in [-0.25, -0.2) is 0 Å². The molecule has 0 radical (unpaired) electrons. The summed E-state index contributed by atoms with van der Waals surface area (Å²) in [5.41, 5.74) is -5.31. The first-order chi connectivity index (χ1) is 11.1. The van der Waals surface area contributed by atoms with E-state index in [-0.39, 0.29) is 5.75 Å². The van der Waals surface area contributed by atoms with Crippen molar-refractivity contribution in [3.05, 3.63) is 60.2 Å². The average Bonchev–Trinajstić information content (AvgIpc) is 2.54. The van der Waals surface area contributed by atoms with E-state index in [1.54, 1.807) is 30.3 Å². The minimum Gasteiger partial charge on any atom is -0.457 e. The van der Waals surface area contributed by atoms with Crippen LogP contribution in [0.1, 0.15) is 5.56 Å². The molecule has 1 saturated carbocycles. The molecule has 2 aromatic rings. The van der Waals surface area contributed by atoms with Gasteiger partial charge in [-0.2, -0.15) is 26.3 Å². The predicted octanol–water partition coefficient (Wildman–Crippen LogP) is 4.59. The molecular formula is C16H10F6O2. The zero-order chi connectivity index (χ0) is 17.8. The highest BCUT2D eigenvalue weighted by Gasteiger charge is 2.98. The summed E-state index contributed by atoms with van der Waals surface area (Å²) in [6.45, 7) is 0. The van der Waals surface area contributed by atoms with Crippen molar-refractivity contribution in [2.75, 3.05) is 0 Å². The van der Waals surface area contributed by atoms with Crippen LogP contribution in [-0.4, -0.2) is 22.9 Å². The van der Waals surface area contributed by atoms with Crippen LogP contribution in [0.2, 0.25) is 0 Å². The van der Waals surface area contributed by atoms with Crippen LogP contribution >= 0.6 is 0 Å². The standard InChI is InChI=1S/C16H10F6O2/c17-14(18)13(23,15(19,20)16(14,21)22)10-6-8-12(9-7-10)24-11-4-2-1-3-5-11/h1-9,23H. The zero-order valence-electron chi connectivity index (χ0n) is 11.8. The van der Waals surface area contributed by atoms with Crippen molar-refractivity contribution in [1.29, 1.82) is 0 Å². The molecule has 1 N–H and O–H groups in total. The lowest BCUT2D eigenvalue weighted by atomic mass is 9.64. The van der Waals surface area contributed by atoms with Gasteiger partial charge in [0.2, 0.25) is 5.60 Å². The quantitative estimate of drug-likeness (QED) is 0.823. The second-order valence-corrected chi connectivity index (χ2v) is 5.37. The van der Waals surface area contributed by atoms with Gasteiger partial charge in [0.25, 0.3) is 0 Å². The first kappa shape index (κ1) is 16.6. The third kappa shape index (κ3) is 1.83. The Kier molecular flexibility index (Phi) is 3.39. The van der Waals surface area contributed by atoms with Crippen molar-refractivity contribution >= 4 is 0 Å². The Balaban J connectivity index is 1.91. The summed E-state index contributed by atoms with van der Waals surface area (Å²) in [5, 5.41) is 9.63. The van der Waals surface area contributed by atoms with Gasteiger partial charge in [-0.1, -0.05) is 30.3 Å². The number of benzene rings is 2. The van der Waals surface area contributed by atoms with Gasteiger partial charge in [-0.3, -0.25) is 0 Å². The molecule has 0 atom stereocenters. The third-order valence-corrected chi connectivity index (χ3v) is 3.95. The molecule has 1 fully saturated rings. The largest absolute Gasteiger partial charge is 0.457 e. The van der Waals surface area contributed by atoms with Crippen LogP contribution in [-0.2, 0) is 5.60 Å². The number of alkyl halides is 6. The van der Waals surface area contributed by atoms with Gasteiger partial charge < -0.3 is 9.84 Å². The SMILES string of the molecule is OC1(c2ccc(Oc3ccccc3)cc2)C(F)(F)C(F)(F)C1(F)F. The van der Waals surface area contributed by atoms with E-state index in [0.29, 0.717) is 17.9 Å². The molecule has 24 heavy (non-hydrogen) atoms. The summed E-state index contributed by atoms with van der Waals surface area (Å²) in [6.07, 6.45) is 0. The Bertz CT molecular complexity index is 725. The molecule has 0 saturated heterocycles. The molecule has 0 heterocycles. The van der Waals surface area contributed by atoms with Crippen LogP contribution in [0.3, 0.4) is 0 Å². The molecule has 1 aliphatic rings. The fourth-order valence-corrected chi connectivity index (χ4v) is 2.54. The van der Waals surface area contributed by atoms with Gasteiger partial charge in [0.15, 0.2) is 0 Å². The topological polar surface area (TPSA) is 29.5 Å².